The van der Waals surface area contributed by atoms with Crippen LogP contribution in [0.15, 0.2) is 22.6 Å². The Morgan fingerprint density at radius 2 is 2.04 bits per heavy atom. The van der Waals surface area contributed by atoms with Gasteiger partial charge in [-0.1, -0.05) is 27.7 Å². The van der Waals surface area contributed by atoms with Crippen molar-refractivity contribution in [3.8, 4) is 5.75 Å². The lowest BCUT2D eigenvalue weighted by molar-refractivity contribution is 0.147. The highest BCUT2D eigenvalue weighted by Gasteiger charge is 2.37. The number of aromatic nitrogens is 1. The summed E-state index contributed by atoms with van der Waals surface area (Å²) in [5, 5.41) is 0.230. The van der Waals surface area contributed by atoms with Crippen molar-refractivity contribution in [2.75, 3.05) is 6.61 Å². The third-order valence-electron chi connectivity index (χ3n) is 5.39. The fraction of sp³-hybridized carbons (Fsp3) is 0.632. The first kappa shape index (κ1) is 19.0. The molecule has 0 saturated carbocycles. The monoisotopic (exact) mass is 349 g/mol. The molecule has 1 aromatic heterocycles. The second-order valence-corrected chi connectivity index (χ2v) is 13.2. The summed E-state index contributed by atoms with van der Waals surface area (Å²) in [6.07, 6.45) is 4.54. The van der Waals surface area contributed by atoms with Crippen LogP contribution in [0.2, 0.25) is 18.1 Å². The van der Waals surface area contributed by atoms with Crippen LogP contribution in [0.3, 0.4) is 0 Å². The molecule has 1 aliphatic rings. The van der Waals surface area contributed by atoms with E-state index < -0.39 is 8.32 Å². The zero-order valence-corrected chi connectivity index (χ0v) is 17.0. The molecule has 0 radical (unpaired) electrons. The van der Waals surface area contributed by atoms with Gasteiger partial charge in [0.15, 0.2) is 8.32 Å². The van der Waals surface area contributed by atoms with Gasteiger partial charge in [-0.2, -0.15) is 0 Å². The maximum atomic E-state index is 11.9. The minimum absolute atomic E-state index is 0.00214. The van der Waals surface area contributed by atoms with E-state index in [4.69, 9.17) is 9.16 Å². The number of rotatable bonds is 5. The zero-order chi connectivity index (χ0) is 18.1. The molecule has 2 rings (SSSR count). The largest absolute Gasteiger partial charge is 0.485 e. The van der Waals surface area contributed by atoms with Gasteiger partial charge < -0.3 is 14.1 Å². The van der Waals surface area contributed by atoms with Gasteiger partial charge in [0.2, 0.25) is 0 Å². The molecule has 0 aromatic carbocycles. The number of hydrogen-bond donors (Lipinski definition) is 1. The predicted octanol–water partition coefficient (Wildman–Crippen LogP) is 4.59. The third kappa shape index (κ3) is 4.01. The smallest absolute Gasteiger partial charge is 0.258 e. The van der Waals surface area contributed by atoms with Gasteiger partial charge in [0.05, 0.1) is 5.56 Å². The first-order valence-electron chi connectivity index (χ1n) is 8.73. The minimum atomic E-state index is -1.70. The maximum Gasteiger partial charge on any atom is 0.258 e. The molecule has 24 heavy (non-hydrogen) atoms. The Bertz CT molecular complexity index is 670. The lowest BCUT2D eigenvalue weighted by atomic mass is 9.92. The summed E-state index contributed by atoms with van der Waals surface area (Å²) in [5.41, 5.74) is 1.62. The molecule has 0 fully saturated rings. The lowest BCUT2D eigenvalue weighted by Crippen LogP contribution is -2.41. The summed E-state index contributed by atoms with van der Waals surface area (Å²) in [6.45, 7) is 16.3. The van der Waals surface area contributed by atoms with Crippen LogP contribution in [-0.4, -0.2) is 26.0 Å². The molecule has 0 saturated heterocycles. The van der Waals surface area contributed by atoms with Crippen molar-refractivity contribution in [3.05, 3.63) is 33.8 Å². The van der Waals surface area contributed by atoms with Gasteiger partial charge in [0.1, 0.15) is 11.9 Å². The summed E-state index contributed by atoms with van der Waals surface area (Å²) in [6, 6.07) is 1.82. The minimum Gasteiger partial charge on any atom is -0.485 e. The lowest BCUT2D eigenvalue weighted by Gasteiger charge is -2.37. The predicted molar refractivity (Wildman–Crippen MR) is 102 cm³/mol. The van der Waals surface area contributed by atoms with E-state index in [0.717, 1.165) is 18.6 Å². The Balaban J connectivity index is 2.00. The van der Waals surface area contributed by atoms with E-state index in [1.165, 1.54) is 0 Å². The van der Waals surface area contributed by atoms with Gasteiger partial charge in [-0.05, 0) is 55.1 Å². The molecule has 0 unspecified atom stereocenters. The van der Waals surface area contributed by atoms with Gasteiger partial charge in [0, 0.05) is 12.8 Å². The summed E-state index contributed by atoms with van der Waals surface area (Å²) in [5.74, 6) is 1.00. The van der Waals surface area contributed by atoms with Gasteiger partial charge in [-0.15, -0.1) is 0 Å². The van der Waals surface area contributed by atoms with Crippen molar-refractivity contribution in [1.29, 1.82) is 0 Å². The SMILES string of the molecule is CC1=Cc2c(cc[nH]c2=O)O[C@H]1[C@H](C)CCO[Si](C)(C)C(C)(C)C. The van der Waals surface area contributed by atoms with E-state index in [2.05, 4.69) is 45.8 Å². The molecule has 0 aliphatic carbocycles. The molecule has 2 atom stereocenters. The first-order valence-corrected chi connectivity index (χ1v) is 11.6. The molecule has 0 amide bonds. The summed E-state index contributed by atoms with van der Waals surface area (Å²) < 4.78 is 12.4. The van der Waals surface area contributed by atoms with E-state index >= 15 is 0 Å². The molecule has 5 heteroatoms. The zero-order valence-electron chi connectivity index (χ0n) is 16.0. The van der Waals surface area contributed by atoms with Crippen LogP contribution in [0, 0.1) is 5.92 Å². The average Bonchev–Trinajstić information content (AvgIpc) is 2.46. The van der Waals surface area contributed by atoms with Crippen molar-refractivity contribution < 1.29 is 9.16 Å². The molecule has 134 valence electrons. The topological polar surface area (TPSA) is 51.3 Å². The Labute approximate surface area is 146 Å². The second-order valence-electron chi connectivity index (χ2n) is 8.39. The fourth-order valence-corrected chi connectivity index (χ4v) is 3.75. The molecule has 1 N–H and O–H groups in total. The van der Waals surface area contributed by atoms with Crippen LogP contribution in [0.1, 0.15) is 46.6 Å². The van der Waals surface area contributed by atoms with Crippen LogP contribution in [0.5, 0.6) is 5.75 Å². The number of hydrogen-bond acceptors (Lipinski definition) is 3. The summed E-state index contributed by atoms with van der Waals surface area (Å²) >= 11 is 0. The standard InChI is InChI=1S/C19H31NO3Si/c1-13(9-11-22-24(6,7)19(3,4)5)17-14(2)12-15-16(23-17)8-10-20-18(15)21/h8,10,12-13,17H,9,11H2,1-7H3,(H,20,21)/t13-,17+/m1/s1. The molecule has 1 aromatic rings. The highest BCUT2D eigenvalue weighted by molar-refractivity contribution is 6.74. The number of pyridine rings is 1. The van der Waals surface area contributed by atoms with Crippen LogP contribution >= 0.6 is 0 Å². The molecular formula is C19H31NO3Si. The second kappa shape index (κ2) is 6.88. The molecule has 4 nitrogen and oxygen atoms in total. The molecular weight excluding hydrogens is 318 g/mol. The van der Waals surface area contributed by atoms with Crippen molar-refractivity contribution in [2.45, 2.75) is 65.3 Å². The average molecular weight is 350 g/mol. The third-order valence-corrected chi connectivity index (χ3v) is 9.93. The van der Waals surface area contributed by atoms with Crippen molar-refractivity contribution >= 4 is 14.4 Å². The molecule has 0 bridgehead atoms. The van der Waals surface area contributed by atoms with E-state index in [1.54, 1.807) is 6.20 Å². The van der Waals surface area contributed by atoms with Gasteiger partial charge in [0.25, 0.3) is 5.56 Å². The fourth-order valence-electron chi connectivity index (χ4n) is 2.68. The molecule has 0 spiro atoms. The van der Waals surface area contributed by atoms with E-state index in [0.29, 0.717) is 17.2 Å². The Morgan fingerprint density at radius 1 is 1.38 bits per heavy atom. The summed E-state index contributed by atoms with van der Waals surface area (Å²) in [7, 11) is -1.70. The number of ether oxygens (including phenoxy) is 1. The van der Waals surface area contributed by atoms with Gasteiger partial charge >= 0.3 is 0 Å². The van der Waals surface area contributed by atoms with Gasteiger partial charge in [-0.25, -0.2) is 0 Å². The number of nitrogens with one attached hydrogen (secondary N) is 1. The highest BCUT2D eigenvalue weighted by atomic mass is 28.4. The van der Waals surface area contributed by atoms with Crippen LogP contribution in [0.4, 0.5) is 0 Å². The van der Waals surface area contributed by atoms with Crippen molar-refractivity contribution in [3.63, 3.8) is 0 Å². The Kier molecular flexibility index (Phi) is 5.45. The van der Waals surface area contributed by atoms with Crippen molar-refractivity contribution in [2.24, 2.45) is 5.92 Å². The van der Waals surface area contributed by atoms with E-state index in [1.807, 2.05) is 19.1 Å². The Morgan fingerprint density at radius 3 is 2.67 bits per heavy atom. The normalized spacial score (nSPS) is 19.3. The van der Waals surface area contributed by atoms with Crippen LogP contribution in [-0.2, 0) is 4.43 Å². The van der Waals surface area contributed by atoms with Crippen LogP contribution in [0.25, 0.3) is 6.08 Å². The van der Waals surface area contributed by atoms with Gasteiger partial charge in [-0.3, -0.25) is 4.79 Å². The first-order chi connectivity index (χ1) is 11.0. The highest BCUT2D eigenvalue weighted by Crippen LogP contribution is 2.37. The number of aromatic amines is 1. The molecule has 1 aliphatic heterocycles. The molecule has 2 heterocycles. The Hall–Kier alpha value is -1.33. The summed E-state index contributed by atoms with van der Waals surface area (Å²) in [4.78, 5) is 14.6. The number of H-pyrrole nitrogens is 1. The van der Waals surface area contributed by atoms with E-state index in [-0.39, 0.29) is 16.7 Å². The van der Waals surface area contributed by atoms with E-state index in [9.17, 15) is 4.79 Å². The van der Waals surface area contributed by atoms with Crippen molar-refractivity contribution in [1.82, 2.24) is 4.98 Å². The quantitative estimate of drug-likeness (QED) is 0.791. The number of fused-ring (bicyclic) bond motifs is 1. The maximum absolute atomic E-state index is 11.9. The van der Waals surface area contributed by atoms with Crippen LogP contribution < -0.4 is 10.3 Å².